The van der Waals surface area contributed by atoms with Crippen LogP contribution in [0.4, 0.5) is 51.8 Å². The van der Waals surface area contributed by atoms with Crippen molar-refractivity contribution in [3.8, 4) is 0 Å². The van der Waals surface area contributed by atoms with Crippen LogP contribution in [-0.4, -0.2) is 40.3 Å². The number of nitrogens with zero attached hydrogens (tertiary/aromatic N) is 1. The van der Waals surface area contributed by atoms with E-state index in [4.69, 9.17) is 0 Å². The molecule has 0 amide bonds. The van der Waals surface area contributed by atoms with Gasteiger partial charge in [-0.2, -0.15) is 0 Å². The Morgan fingerprint density at radius 1 is 0.679 bits per heavy atom. The average Bonchev–Trinajstić information content (AvgIpc) is 2.43. The molecule has 0 radical (unpaired) electrons. The second-order valence-electron chi connectivity index (χ2n) is 5.39. The van der Waals surface area contributed by atoms with Crippen molar-refractivity contribution in [3.63, 3.8) is 0 Å². The summed E-state index contributed by atoms with van der Waals surface area (Å²) in [6.45, 7) is 1.25. The number of likely N-dealkylation sites (tertiary alicyclic amines) is 1. The molecule has 16 heteroatoms. The van der Waals surface area contributed by atoms with Gasteiger partial charge in [0.25, 0.3) is 0 Å². The fourth-order valence-corrected chi connectivity index (χ4v) is 2.17. The fourth-order valence-electron chi connectivity index (χ4n) is 2.17. The molecule has 1 aromatic carbocycles. The van der Waals surface area contributed by atoms with Gasteiger partial charge in [-0.15, -0.1) is 0 Å². The molecule has 2 rings (SSSR count). The lowest BCUT2D eigenvalue weighted by molar-refractivity contribution is 0.187. The Morgan fingerprint density at radius 2 is 1.04 bits per heavy atom. The first-order valence-corrected chi connectivity index (χ1v) is 7.75. The SMILES string of the molecule is CN1CCCCC1c1ccccc1.F[B-](F)(F)F.F[B-](F)(F)F.F[B-](F)(F)F. The first kappa shape index (κ1) is 28.7. The minimum Gasteiger partial charge on any atom is -0.418 e. The van der Waals surface area contributed by atoms with Gasteiger partial charge in [-0.25, -0.2) is 0 Å². The summed E-state index contributed by atoms with van der Waals surface area (Å²) in [5, 5.41) is 0. The Labute approximate surface area is 154 Å². The molecule has 0 aliphatic carbocycles. The summed E-state index contributed by atoms with van der Waals surface area (Å²) in [4.78, 5) is 2.47. The molecule has 0 bridgehead atoms. The van der Waals surface area contributed by atoms with Crippen LogP contribution in [0.3, 0.4) is 0 Å². The Balaban J connectivity index is 0. The molecule has 28 heavy (non-hydrogen) atoms. The van der Waals surface area contributed by atoms with Crippen LogP contribution in [-0.2, 0) is 0 Å². The van der Waals surface area contributed by atoms with Gasteiger partial charge in [-0.05, 0) is 32.0 Å². The van der Waals surface area contributed by atoms with Crippen molar-refractivity contribution in [1.29, 1.82) is 0 Å². The number of piperidine rings is 1. The first-order chi connectivity index (χ1) is 12.4. The van der Waals surface area contributed by atoms with E-state index in [1.807, 2.05) is 0 Å². The van der Waals surface area contributed by atoms with Crippen molar-refractivity contribution in [2.45, 2.75) is 25.3 Å². The second kappa shape index (κ2) is 12.9. The third-order valence-corrected chi connectivity index (χ3v) is 2.95. The Hall–Kier alpha value is -1.47. The van der Waals surface area contributed by atoms with Crippen LogP contribution in [0.2, 0.25) is 0 Å². The van der Waals surface area contributed by atoms with Gasteiger partial charge in [0, 0.05) is 6.04 Å². The number of benzene rings is 1. The van der Waals surface area contributed by atoms with Crippen molar-refractivity contribution in [2.75, 3.05) is 13.6 Å². The molecule has 0 spiro atoms. The quantitative estimate of drug-likeness (QED) is 0.349. The lowest BCUT2D eigenvalue weighted by Crippen LogP contribution is -2.29. The van der Waals surface area contributed by atoms with E-state index in [2.05, 4.69) is 42.3 Å². The van der Waals surface area contributed by atoms with Gasteiger partial charge in [0.05, 0.1) is 0 Å². The van der Waals surface area contributed by atoms with E-state index in [1.165, 1.54) is 31.4 Å². The highest BCUT2D eigenvalue weighted by Gasteiger charge is 2.21. The molecular weight excluding hydrogens is 419 g/mol. The fraction of sp³-hybridized carbons (Fsp3) is 0.500. The molecule has 1 saturated heterocycles. The summed E-state index contributed by atoms with van der Waals surface area (Å²) in [7, 11) is -15.8. The van der Waals surface area contributed by atoms with E-state index in [-0.39, 0.29) is 0 Å². The average molecular weight is 436 g/mol. The molecule has 0 N–H and O–H groups in total. The Morgan fingerprint density at radius 3 is 1.36 bits per heavy atom. The maximum Gasteiger partial charge on any atom is 0.673 e. The van der Waals surface area contributed by atoms with Gasteiger partial charge in [-0.3, -0.25) is 4.90 Å². The highest BCUT2D eigenvalue weighted by Crippen LogP contribution is 2.28. The first-order valence-electron chi connectivity index (χ1n) is 7.75. The number of hydrogen-bond acceptors (Lipinski definition) is 1. The molecule has 1 aliphatic rings. The van der Waals surface area contributed by atoms with Gasteiger partial charge in [-0.1, -0.05) is 36.8 Å². The van der Waals surface area contributed by atoms with Crippen molar-refractivity contribution in [1.82, 2.24) is 4.90 Å². The van der Waals surface area contributed by atoms with Crippen molar-refractivity contribution in [2.24, 2.45) is 0 Å². The standard InChI is InChI=1S/C12H17N.3BF4/c1-13-10-6-5-9-12(13)11-7-3-2-4-8-11;3*2-1(3,4)5/h2-4,7-8,12H,5-6,9-10H2,1H3;;;/q;3*-1. The smallest absolute Gasteiger partial charge is 0.418 e. The second-order valence-corrected chi connectivity index (χ2v) is 5.39. The highest BCUT2D eigenvalue weighted by molar-refractivity contribution is 6.50. The van der Waals surface area contributed by atoms with Crippen LogP contribution in [0.5, 0.6) is 0 Å². The third kappa shape index (κ3) is 29.3. The van der Waals surface area contributed by atoms with Crippen molar-refractivity contribution in [3.05, 3.63) is 35.9 Å². The van der Waals surface area contributed by atoms with Gasteiger partial charge in [0.1, 0.15) is 0 Å². The molecular formula is C12H17B3F12N-3. The number of rotatable bonds is 1. The van der Waals surface area contributed by atoms with E-state index < -0.39 is 21.8 Å². The van der Waals surface area contributed by atoms with Gasteiger partial charge < -0.3 is 51.8 Å². The molecule has 1 aromatic rings. The summed E-state index contributed by atoms with van der Waals surface area (Å²) in [6, 6.07) is 11.5. The molecule has 1 fully saturated rings. The highest BCUT2D eigenvalue weighted by atomic mass is 19.5. The Kier molecular flexibility index (Phi) is 13.2. The zero-order valence-corrected chi connectivity index (χ0v) is 14.5. The molecule has 0 aromatic heterocycles. The predicted molar refractivity (Wildman–Crippen MR) is 86.2 cm³/mol. The van der Waals surface area contributed by atoms with E-state index in [0.29, 0.717) is 6.04 Å². The summed E-state index contributed by atoms with van der Waals surface area (Å²) in [5.74, 6) is 0. The summed E-state index contributed by atoms with van der Waals surface area (Å²) < 4.78 is 117. The van der Waals surface area contributed by atoms with Crippen LogP contribution in [0.1, 0.15) is 30.9 Å². The zero-order valence-electron chi connectivity index (χ0n) is 14.5. The van der Waals surface area contributed by atoms with Gasteiger partial charge in [0.2, 0.25) is 0 Å². The zero-order chi connectivity index (χ0) is 22.6. The third-order valence-electron chi connectivity index (χ3n) is 2.95. The van der Waals surface area contributed by atoms with Crippen LogP contribution >= 0.6 is 0 Å². The largest absolute Gasteiger partial charge is 0.673 e. The van der Waals surface area contributed by atoms with Crippen molar-refractivity contribution >= 4 is 21.8 Å². The normalized spacial score (nSPS) is 17.8. The topological polar surface area (TPSA) is 3.24 Å². The monoisotopic (exact) mass is 436 g/mol. The number of halogens is 12. The van der Waals surface area contributed by atoms with Crippen molar-refractivity contribution < 1.29 is 51.8 Å². The lowest BCUT2D eigenvalue weighted by Gasteiger charge is -2.32. The summed E-state index contributed by atoms with van der Waals surface area (Å²) >= 11 is 0. The minimum absolute atomic E-state index is 0.662. The van der Waals surface area contributed by atoms with Crippen LogP contribution in [0.25, 0.3) is 0 Å². The van der Waals surface area contributed by atoms with E-state index in [1.54, 1.807) is 0 Å². The number of hydrogen-bond donors (Lipinski definition) is 0. The minimum atomic E-state index is -6.00. The van der Waals surface area contributed by atoms with E-state index in [9.17, 15) is 51.8 Å². The lowest BCUT2D eigenvalue weighted by atomic mass is 9.96. The Bertz CT molecular complexity index is 459. The molecule has 166 valence electrons. The summed E-state index contributed by atoms with van der Waals surface area (Å²) in [6.07, 6.45) is 4.06. The molecule has 1 atom stereocenters. The molecule has 1 aliphatic heterocycles. The molecule has 1 unspecified atom stereocenters. The maximum atomic E-state index is 9.75. The van der Waals surface area contributed by atoms with Gasteiger partial charge >= 0.3 is 21.8 Å². The predicted octanol–water partition coefficient (Wildman–Crippen LogP) is 6.74. The van der Waals surface area contributed by atoms with Crippen LogP contribution in [0.15, 0.2) is 30.3 Å². The summed E-state index contributed by atoms with van der Waals surface area (Å²) in [5.41, 5.74) is 1.48. The molecule has 0 saturated carbocycles. The van der Waals surface area contributed by atoms with Gasteiger partial charge in [0.15, 0.2) is 0 Å². The van der Waals surface area contributed by atoms with Crippen LogP contribution in [0, 0.1) is 0 Å². The van der Waals surface area contributed by atoms with Crippen LogP contribution < -0.4 is 0 Å². The van der Waals surface area contributed by atoms with E-state index in [0.717, 1.165) is 0 Å². The van der Waals surface area contributed by atoms with E-state index >= 15 is 0 Å². The molecule has 1 nitrogen and oxygen atoms in total. The maximum absolute atomic E-state index is 9.75. The molecule has 1 heterocycles.